The number of rotatable bonds is 2. The average Bonchev–Trinajstić information content (AvgIpc) is 2.85. The van der Waals surface area contributed by atoms with Gasteiger partial charge in [-0.05, 0) is 6.07 Å². The summed E-state index contributed by atoms with van der Waals surface area (Å²) in [6, 6.07) is 10.7. The molecule has 0 radical (unpaired) electrons. The van der Waals surface area contributed by atoms with Crippen LogP contribution in [0.25, 0.3) is 22.2 Å². The van der Waals surface area contributed by atoms with Crippen molar-refractivity contribution in [2.45, 2.75) is 6.04 Å². The SMILES string of the molecule is N#Cc1cncnc1-c1cn(C2COC2)c2ccccc12. The first kappa shape index (κ1) is 12.1. The van der Waals surface area contributed by atoms with Crippen molar-refractivity contribution in [3.05, 3.63) is 48.5 Å². The number of nitrogens with zero attached hydrogens (tertiary/aromatic N) is 4. The maximum Gasteiger partial charge on any atom is 0.116 e. The second-order valence-corrected chi connectivity index (χ2v) is 5.06. The third-order valence-electron chi connectivity index (χ3n) is 3.84. The van der Waals surface area contributed by atoms with E-state index in [0.29, 0.717) is 17.3 Å². The average molecular weight is 276 g/mol. The highest BCUT2D eigenvalue weighted by Crippen LogP contribution is 2.34. The number of para-hydroxylation sites is 1. The minimum Gasteiger partial charge on any atom is -0.377 e. The zero-order valence-corrected chi connectivity index (χ0v) is 11.2. The quantitative estimate of drug-likeness (QED) is 0.721. The Kier molecular flexibility index (Phi) is 2.69. The summed E-state index contributed by atoms with van der Waals surface area (Å²) in [5.41, 5.74) is 3.28. The van der Waals surface area contributed by atoms with Crippen LogP contribution in [0.4, 0.5) is 0 Å². The molecule has 102 valence electrons. The van der Waals surface area contributed by atoms with Gasteiger partial charge in [0.2, 0.25) is 0 Å². The van der Waals surface area contributed by atoms with Crippen molar-refractivity contribution in [1.82, 2.24) is 14.5 Å². The fourth-order valence-electron chi connectivity index (χ4n) is 2.71. The number of fused-ring (bicyclic) bond motifs is 1. The number of aromatic nitrogens is 3. The Balaban J connectivity index is 1.99. The zero-order valence-electron chi connectivity index (χ0n) is 11.2. The molecule has 21 heavy (non-hydrogen) atoms. The van der Waals surface area contributed by atoms with Crippen LogP contribution >= 0.6 is 0 Å². The molecule has 1 aliphatic heterocycles. The molecule has 0 aliphatic carbocycles. The van der Waals surface area contributed by atoms with E-state index < -0.39 is 0 Å². The first-order valence-electron chi connectivity index (χ1n) is 6.76. The molecule has 1 saturated heterocycles. The van der Waals surface area contributed by atoms with Crippen molar-refractivity contribution in [2.75, 3.05) is 13.2 Å². The Morgan fingerprint density at radius 1 is 1.29 bits per heavy atom. The van der Waals surface area contributed by atoms with Gasteiger partial charge in [0.15, 0.2) is 0 Å². The fourth-order valence-corrected chi connectivity index (χ4v) is 2.71. The molecule has 0 atom stereocenters. The van der Waals surface area contributed by atoms with Crippen LogP contribution in [0.2, 0.25) is 0 Å². The van der Waals surface area contributed by atoms with E-state index in [4.69, 9.17) is 4.74 Å². The summed E-state index contributed by atoms with van der Waals surface area (Å²) >= 11 is 0. The number of nitriles is 1. The summed E-state index contributed by atoms with van der Waals surface area (Å²) in [7, 11) is 0. The second kappa shape index (κ2) is 4.69. The minimum atomic E-state index is 0.357. The minimum absolute atomic E-state index is 0.357. The lowest BCUT2D eigenvalue weighted by Crippen LogP contribution is -2.29. The number of hydrogen-bond acceptors (Lipinski definition) is 4. The van der Waals surface area contributed by atoms with E-state index in [1.165, 1.54) is 6.33 Å². The molecule has 0 saturated carbocycles. The molecule has 0 N–H and O–H groups in total. The molecule has 0 amide bonds. The molecule has 0 spiro atoms. The van der Waals surface area contributed by atoms with Gasteiger partial charge in [-0.15, -0.1) is 0 Å². The van der Waals surface area contributed by atoms with Crippen LogP contribution in [0.15, 0.2) is 43.0 Å². The molecule has 0 unspecified atom stereocenters. The van der Waals surface area contributed by atoms with E-state index in [-0.39, 0.29) is 0 Å². The van der Waals surface area contributed by atoms with Crippen LogP contribution in [-0.2, 0) is 4.74 Å². The van der Waals surface area contributed by atoms with Crippen LogP contribution in [0.1, 0.15) is 11.6 Å². The topological polar surface area (TPSA) is 63.7 Å². The van der Waals surface area contributed by atoms with Crippen LogP contribution in [0.5, 0.6) is 0 Å². The molecule has 3 aromatic rings. The second-order valence-electron chi connectivity index (χ2n) is 5.06. The van der Waals surface area contributed by atoms with Crippen molar-refractivity contribution >= 4 is 10.9 Å². The monoisotopic (exact) mass is 276 g/mol. The fraction of sp³-hybridized carbons (Fsp3) is 0.188. The van der Waals surface area contributed by atoms with E-state index in [0.717, 1.165) is 29.7 Å². The number of benzene rings is 1. The molecule has 0 bridgehead atoms. The highest BCUT2D eigenvalue weighted by Gasteiger charge is 2.24. The molecule has 1 aliphatic rings. The lowest BCUT2D eigenvalue weighted by molar-refractivity contribution is -0.0213. The van der Waals surface area contributed by atoms with E-state index in [9.17, 15) is 5.26 Å². The van der Waals surface area contributed by atoms with Gasteiger partial charge in [-0.25, -0.2) is 9.97 Å². The van der Waals surface area contributed by atoms with E-state index in [2.05, 4.69) is 38.9 Å². The van der Waals surface area contributed by atoms with Gasteiger partial charge in [-0.3, -0.25) is 0 Å². The third-order valence-corrected chi connectivity index (χ3v) is 3.84. The standard InChI is InChI=1S/C16H12N4O/c17-5-11-6-18-10-19-16(11)14-7-20(12-8-21-9-12)15-4-2-1-3-13(14)15/h1-4,6-7,10,12H,8-9H2. The van der Waals surface area contributed by atoms with Gasteiger partial charge in [0, 0.05) is 28.9 Å². The first-order chi connectivity index (χ1) is 10.4. The van der Waals surface area contributed by atoms with Crippen molar-refractivity contribution in [2.24, 2.45) is 0 Å². The number of ether oxygens (including phenoxy) is 1. The molecular weight excluding hydrogens is 264 g/mol. The largest absolute Gasteiger partial charge is 0.377 e. The van der Waals surface area contributed by atoms with Crippen molar-refractivity contribution in [1.29, 1.82) is 5.26 Å². The van der Waals surface area contributed by atoms with Crippen molar-refractivity contribution in [3.8, 4) is 17.3 Å². The van der Waals surface area contributed by atoms with E-state index >= 15 is 0 Å². The predicted molar refractivity (Wildman–Crippen MR) is 77.5 cm³/mol. The molecular formula is C16H12N4O. The van der Waals surface area contributed by atoms with Crippen molar-refractivity contribution in [3.63, 3.8) is 0 Å². The van der Waals surface area contributed by atoms with Gasteiger partial charge >= 0.3 is 0 Å². The molecule has 1 fully saturated rings. The lowest BCUT2D eigenvalue weighted by atomic mass is 10.1. The molecule has 5 nitrogen and oxygen atoms in total. The third kappa shape index (κ3) is 1.81. The lowest BCUT2D eigenvalue weighted by Gasteiger charge is -2.28. The Morgan fingerprint density at radius 2 is 2.14 bits per heavy atom. The summed E-state index contributed by atoms with van der Waals surface area (Å²) in [4.78, 5) is 8.24. The van der Waals surface area contributed by atoms with Gasteiger partial charge in [0.1, 0.15) is 12.4 Å². The van der Waals surface area contributed by atoms with Gasteiger partial charge in [0.25, 0.3) is 0 Å². The van der Waals surface area contributed by atoms with Gasteiger partial charge in [0.05, 0.1) is 30.5 Å². The van der Waals surface area contributed by atoms with E-state index in [1.54, 1.807) is 6.20 Å². The Hall–Kier alpha value is -2.71. The Labute approximate surface area is 121 Å². The molecule has 2 aromatic heterocycles. The maximum atomic E-state index is 9.27. The van der Waals surface area contributed by atoms with Gasteiger partial charge in [-0.1, -0.05) is 18.2 Å². The molecule has 4 rings (SSSR count). The maximum absolute atomic E-state index is 9.27. The molecule has 3 heterocycles. The molecule has 5 heteroatoms. The number of hydrogen-bond donors (Lipinski definition) is 0. The normalized spacial score (nSPS) is 14.8. The Bertz CT molecular complexity index is 858. The zero-order chi connectivity index (χ0) is 14.2. The highest BCUT2D eigenvalue weighted by molar-refractivity contribution is 5.96. The Morgan fingerprint density at radius 3 is 2.90 bits per heavy atom. The van der Waals surface area contributed by atoms with Gasteiger partial charge in [-0.2, -0.15) is 5.26 Å². The highest BCUT2D eigenvalue weighted by atomic mass is 16.5. The smallest absolute Gasteiger partial charge is 0.116 e. The summed E-state index contributed by atoms with van der Waals surface area (Å²) in [5.74, 6) is 0. The van der Waals surface area contributed by atoms with Crippen LogP contribution in [0.3, 0.4) is 0 Å². The summed E-state index contributed by atoms with van der Waals surface area (Å²) in [6.07, 6.45) is 5.11. The summed E-state index contributed by atoms with van der Waals surface area (Å²) in [6.45, 7) is 1.46. The van der Waals surface area contributed by atoms with Crippen LogP contribution in [-0.4, -0.2) is 27.7 Å². The first-order valence-corrected chi connectivity index (χ1v) is 6.76. The molecule has 1 aromatic carbocycles. The van der Waals surface area contributed by atoms with Gasteiger partial charge < -0.3 is 9.30 Å². The van der Waals surface area contributed by atoms with E-state index in [1.807, 2.05) is 12.1 Å². The van der Waals surface area contributed by atoms with Crippen molar-refractivity contribution < 1.29 is 4.74 Å². The van der Waals surface area contributed by atoms with Crippen LogP contribution in [0, 0.1) is 11.3 Å². The summed E-state index contributed by atoms with van der Waals surface area (Å²) < 4.78 is 7.52. The summed E-state index contributed by atoms with van der Waals surface area (Å²) in [5, 5.41) is 10.4. The van der Waals surface area contributed by atoms with Crippen LogP contribution < -0.4 is 0 Å². The predicted octanol–water partition coefficient (Wildman–Crippen LogP) is 2.54.